The molecule has 0 aliphatic rings. The van der Waals surface area contributed by atoms with Gasteiger partial charge in [0.25, 0.3) is 0 Å². The van der Waals surface area contributed by atoms with Gasteiger partial charge in [-0.25, -0.2) is 0 Å². The Hall–Kier alpha value is -0.990. The maximum Gasteiger partial charge on any atom is 0.159 e. The molecule has 0 bridgehead atoms. The standard InChI is InChI=1S/C15H26O3/c1-7-11(3)14(5,9-16)13(18)15(6,10-17)12(4)8-2/h9-12H,7-8H2,1-6H3. The van der Waals surface area contributed by atoms with E-state index in [0.717, 1.165) is 12.8 Å². The summed E-state index contributed by atoms with van der Waals surface area (Å²) >= 11 is 0. The first-order valence-corrected chi connectivity index (χ1v) is 6.72. The molecule has 0 saturated heterocycles. The first kappa shape index (κ1) is 17.0. The highest BCUT2D eigenvalue weighted by atomic mass is 16.2. The van der Waals surface area contributed by atoms with Gasteiger partial charge in [0.15, 0.2) is 5.78 Å². The van der Waals surface area contributed by atoms with E-state index in [-0.39, 0.29) is 17.6 Å². The van der Waals surface area contributed by atoms with Gasteiger partial charge in [0.05, 0.1) is 10.8 Å². The minimum absolute atomic E-state index is 0.0640. The van der Waals surface area contributed by atoms with Crippen molar-refractivity contribution in [3.05, 3.63) is 0 Å². The molecule has 104 valence electrons. The van der Waals surface area contributed by atoms with Gasteiger partial charge in [-0.1, -0.05) is 40.5 Å². The topological polar surface area (TPSA) is 51.2 Å². The van der Waals surface area contributed by atoms with E-state index in [1.54, 1.807) is 13.8 Å². The van der Waals surface area contributed by atoms with Gasteiger partial charge in [-0.05, 0) is 25.7 Å². The zero-order valence-corrected chi connectivity index (χ0v) is 12.4. The molecule has 0 aromatic heterocycles. The van der Waals surface area contributed by atoms with Crippen molar-refractivity contribution in [1.29, 1.82) is 0 Å². The third kappa shape index (κ3) is 2.70. The molecule has 0 aliphatic heterocycles. The molecule has 0 aromatic rings. The Morgan fingerprint density at radius 3 is 1.39 bits per heavy atom. The highest BCUT2D eigenvalue weighted by Gasteiger charge is 2.49. The van der Waals surface area contributed by atoms with Crippen LogP contribution in [0.1, 0.15) is 54.4 Å². The van der Waals surface area contributed by atoms with Crippen LogP contribution in [0, 0.1) is 22.7 Å². The minimum atomic E-state index is -1.08. The lowest BCUT2D eigenvalue weighted by Crippen LogP contribution is -2.48. The van der Waals surface area contributed by atoms with Gasteiger partial charge in [-0.2, -0.15) is 0 Å². The largest absolute Gasteiger partial charge is 0.302 e. The van der Waals surface area contributed by atoms with Crippen molar-refractivity contribution in [1.82, 2.24) is 0 Å². The van der Waals surface area contributed by atoms with Crippen LogP contribution in [0.4, 0.5) is 0 Å². The highest BCUT2D eigenvalue weighted by Crippen LogP contribution is 2.40. The van der Waals surface area contributed by atoms with Crippen LogP contribution in [0.25, 0.3) is 0 Å². The quantitative estimate of drug-likeness (QED) is 0.494. The van der Waals surface area contributed by atoms with Crippen LogP contribution in [0.2, 0.25) is 0 Å². The van der Waals surface area contributed by atoms with E-state index in [2.05, 4.69) is 0 Å². The van der Waals surface area contributed by atoms with Crippen LogP contribution < -0.4 is 0 Å². The lowest BCUT2D eigenvalue weighted by molar-refractivity contribution is -0.149. The maximum atomic E-state index is 12.7. The predicted molar refractivity (Wildman–Crippen MR) is 72.3 cm³/mol. The smallest absolute Gasteiger partial charge is 0.159 e. The summed E-state index contributed by atoms with van der Waals surface area (Å²) < 4.78 is 0. The zero-order valence-electron chi connectivity index (χ0n) is 12.4. The molecule has 4 atom stereocenters. The maximum absolute atomic E-state index is 12.7. The predicted octanol–water partition coefficient (Wildman–Crippen LogP) is 3.06. The SMILES string of the molecule is CCC(C)C(C)(C=O)C(=O)C(C)(C=O)C(C)CC. The Morgan fingerprint density at radius 2 is 1.22 bits per heavy atom. The molecule has 0 heterocycles. The van der Waals surface area contributed by atoms with Gasteiger partial charge >= 0.3 is 0 Å². The van der Waals surface area contributed by atoms with Crippen molar-refractivity contribution >= 4 is 18.4 Å². The van der Waals surface area contributed by atoms with Crippen LogP contribution in [-0.4, -0.2) is 18.4 Å². The zero-order chi connectivity index (χ0) is 14.6. The van der Waals surface area contributed by atoms with Crippen molar-refractivity contribution in [3.63, 3.8) is 0 Å². The molecule has 0 saturated carbocycles. The van der Waals surface area contributed by atoms with Crippen molar-refractivity contribution in [2.75, 3.05) is 0 Å². The fourth-order valence-corrected chi connectivity index (χ4v) is 2.22. The lowest BCUT2D eigenvalue weighted by atomic mass is 9.62. The fraction of sp³-hybridized carbons (Fsp3) is 0.800. The number of aldehydes is 2. The number of ketones is 1. The first-order valence-electron chi connectivity index (χ1n) is 6.72. The molecule has 0 radical (unpaired) electrons. The van der Waals surface area contributed by atoms with Crippen LogP contribution in [-0.2, 0) is 14.4 Å². The number of carbonyl (C=O) groups is 3. The summed E-state index contributed by atoms with van der Waals surface area (Å²) in [4.78, 5) is 35.5. The van der Waals surface area contributed by atoms with E-state index in [0.29, 0.717) is 12.6 Å². The number of Topliss-reactive ketones (excluding diaryl/α,β-unsaturated/α-hetero) is 1. The fourth-order valence-electron chi connectivity index (χ4n) is 2.22. The molecule has 0 spiro atoms. The van der Waals surface area contributed by atoms with E-state index in [1.165, 1.54) is 0 Å². The van der Waals surface area contributed by atoms with E-state index >= 15 is 0 Å². The molecule has 0 aliphatic carbocycles. The van der Waals surface area contributed by atoms with Crippen LogP contribution >= 0.6 is 0 Å². The summed E-state index contributed by atoms with van der Waals surface area (Å²) in [6.45, 7) is 11.0. The van der Waals surface area contributed by atoms with Crippen molar-refractivity contribution in [2.45, 2.75) is 54.4 Å². The van der Waals surface area contributed by atoms with Gasteiger partial charge in [0.2, 0.25) is 0 Å². The second-order valence-electron chi connectivity index (χ2n) is 5.75. The summed E-state index contributed by atoms with van der Waals surface area (Å²) in [7, 11) is 0. The molecule has 18 heavy (non-hydrogen) atoms. The molecular formula is C15H26O3. The van der Waals surface area contributed by atoms with E-state index in [1.807, 2.05) is 27.7 Å². The van der Waals surface area contributed by atoms with Crippen LogP contribution in [0.5, 0.6) is 0 Å². The summed E-state index contributed by atoms with van der Waals surface area (Å²) in [5.74, 6) is -0.375. The van der Waals surface area contributed by atoms with Crippen molar-refractivity contribution in [3.8, 4) is 0 Å². The Morgan fingerprint density at radius 1 is 0.944 bits per heavy atom. The Balaban J connectivity index is 5.57. The molecule has 4 unspecified atom stereocenters. The summed E-state index contributed by atoms with van der Waals surface area (Å²) in [6, 6.07) is 0. The highest BCUT2D eigenvalue weighted by molar-refractivity contribution is 6.08. The van der Waals surface area contributed by atoms with E-state index in [4.69, 9.17) is 0 Å². The first-order chi connectivity index (χ1) is 8.24. The average molecular weight is 254 g/mol. The van der Waals surface area contributed by atoms with Gasteiger partial charge in [-0.3, -0.25) is 4.79 Å². The van der Waals surface area contributed by atoms with Crippen molar-refractivity contribution in [2.24, 2.45) is 22.7 Å². The van der Waals surface area contributed by atoms with E-state index < -0.39 is 10.8 Å². The third-order valence-electron chi connectivity index (χ3n) is 4.74. The Labute approximate surface area is 110 Å². The van der Waals surface area contributed by atoms with Gasteiger partial charge in [-0.15, -0.1) is 0 Å². The Kier molecular flexibility index (Phi) is 5.91. The Bertz CT molecular complexity index is 294. The third-order valence-corrected chi connectivity index (χ3v) is 4.74. The molecule has 0 N–H and O–H groups in total. The number of hydrogen-bond donors (Lipinski definition) is 0. The molecular weight excluding hydrogens is 228 g/mol. The summed E-state index contributed by atoms with van der Waals surface area (Å²) in [6.07, 6.45) is 2.90. The summed E-state index contributed by atoms with van der Waals surface area (Å²) in [5.41, 5.74) is -2.15. The van der Waals surface area contributed by atoms with Crippen LogP contribution in [0.3, 0.4) is 0 Å². The molecule has 3 heteroatoms. The van der Waals surface area contributed by atoms with Crippen molar-refractivity contribution < 1.29 is 14.4 Å². The molecule has 0 rings (SSSR count). The second kappa shape index (κ2) is 6.26. The summed E-state index contributed by atoms with van der Waals surface area (Å²) in [5, 5.41) is 0. The molecule has 3 nitrogen and oxygen atoms in total. The van der Waals surface area contributed by atoms with Crippen LogP contribution in [0.15, 0.2) is 0 Å². The lowest BCUT2D eigenvalue weighted by Gasteiger charge is -2.37. The van der Waals surface area contributed by atoms with Gasteiger partial charge < -0.3 is 9.59 Å². The number of carbonyl (C=O) groups excluding carboxylic acids is 3. The molecule has 0 amide bonds. The van der Waals surface area contributed by atoms with Gasteiger partial charge in [0, 0.05) is 0 Å². The number of hydrogen-bond acceptors (Lipinski definition) is 3. The monoisotopic (exact) mass is 254 g/mol. The average Bonchev–Trinajstić information content (AvgIpc) is 2.42. The normalized spacial score (nSPS) is 21.2. The minimum Gasteiger partial charge on any atom is -0.302 e. The van der Waals surface area contributed by atoms with Gasteiger partial charge in [0.1, 0.15) is 12.6 Å². The number of rotatable bonds is 8. The second-order valence-corrected chi connectivity index (χ2v) is 5.75. The molecule has 0 aromatic carbocycles. The van der Waals surface area contributed by atoms with E-state index in [9.17, 15) is 14.4 Å². The molecule has 0 fully saturated rings.